The van der Waals surface area contributed by atoms with E-state index < -0.39 is 0 Å². The summed E-state index contributed by atoms with van der Waals surface area (Å²) in [6.45, 7) is 3.78. The van der Waals surface area contributed by atoms with Crippen LogP contribution in [-0.2, 0) is 6.54 Å². The number of aliphatic hydroxyl groups excluding tert-OH is 1. The SMILES string of the molecule is Cc1cccc(CNCCO)c1.Cl. The molecule has 0 saturated heterocycles. The summed E-state index contributed by atoms with van der Waals surface area (Å²) in [4.78, 5) is 0. The summed E-state index contributed by atoms with van der Waals surface area (Å²) in [6, 6.07) is 8.35. The molecular formula is C10H16ClNO. The van der Waals surface area contributed by atoms with E-state index >= 15 is 0 Å². The molecule has 13 heavy (non-hydrogen) atoms. The zero-order chi connectivity index (χ0) is 8.81. The first-order valence-corrected chi connectivity index (χ1v) is 4.20. The standard InChI is InChI=1S/C10H15NO.ClH/c1-9-3-2-4-10(7-9)8-11-5-6-12;/h2-4,7,11-12H,5-6,8H2,1H3;1H. The van der Waals surface area contributed by atoms with E-state index in [0.717, 1.165) is 6.54 Å². The van der Waals surface area contributed by atoms with Crippen LogP contribution >= 0.6 is 12.4 Å². The van der Waals surface area contributed by atoms with Crippen LogP contribution < -0.4 is 5.32 Å². The molecule has 0 aromatic heterocycles. The summed E-state index contributed by atoms with van der Waals surface area (Å²) in [5.74, 6) is 0. The molecule has 0 aliphatic carbocycles. The van der Waals surface area contributed by atoms with E-state index in [2.05, 4.69) is 30.4 Å². The van der Waals surface area contributed by atoms with Gasteiger partial charge in [-0.05, 0) is 12.5 Å². The van der Waals surface area contributed by atoms with Crippen molar-refractivity contribution in [2.45, 2.75) is 13.5 Å². The molecule has 0 heterocycles. The quantitative estimate of drug-likeness (QED) is 0.724. The van der Waals surface area contributed by atoms with Crippen molar-refractivity contribution in [3.63, 3.8) is 0 Å². The van der Waals surface area contributed by atoms with Gasteiger partial charge in [0.1, 0.15) is 0 Å². The maximum atomic E-state index is 8.54. The van der Waals surface area contributed by atoms with E-state index in [4.69, 9.17) is 5.11 Å². The molecule has 0 saturated carbocycles. The molecule has 3 heteroatoms. The van der Waals surface area contributed by atoms with Gasteiger partial charge < -0.3 is 10.4 Å². The molecule has 0 unspecified atom stereocenters. The van der Waals surface area contributed by atoms with E-state index in [9.17, 15) is 0 Å². The van der Waals surface area contributed by atoms with Gasteiger partial charge in [0.15, 0.2) is 0 Å². The highest BCUT2D eigenvalue weighted by atomic mass is 35.5. The van der Waals surface area contributed by atoms with Crippen LogP contribution in [0.4, 0.5) is 0 Å². The summed E-state index contributed by atoms with van der Waals surface area (Å²) in [6.07, 6.45) is 0. The Morgan fingerprint density at radius 2 is 2.15 bits per heavy atom. The van der Waals surface area contributed by atoms with E-state index in [1.54, 1.807) is 0 Å². The van der Waals surface area contributed by atoms with Crippen LogP contribution in [0.3, 0.4) is 0 Å². The number of hydrogen-bond donors (Lipinski definition) is 2. The van der Waals surface area contributed by atoms with Crippen molar-refractivity contribution in [1.29, 1.82) is 0 Å². The van der Waals surface area contributed by atoms with Crippen molar-refractivity contribution in [3.05, 3.63) is 35.4 Å². The van der Waals surface area contributed by atoms with Crippen LogP contribution in [0, 0.1) is 6.92 Å². The van der Waals surface area contributed by atoms with Crippen LogP contribution in [0.5, 0.6) is 0 Å². The molecule has 2 nitrogen and oxygen atoms in total. The Morgan fingerprint density at radius 3 is 2.77 bits per heavy atom. The third-order valence-corrected chi connectivity index (χ3v) is 1.70. The zero-order valence-corrected chi connectivity index (χ0v) is 8.60. The molecule has 2 N–H and O–H groups in total. The highest BCUT2D eigenvalue weighted by Gasteiger charge is 1.91. The van der Waals surface area contributed by atoms with Crippen molar-refractivity contribution in [2.24, 2.45) is 0 Å². The molecule has 0 aliphatic rings. The minimum atomic E-state index is 0. The van der Waals surface area contributed by atoms with Gasteiger partial charge in [-0.25, -0.2) is 0 Å². The highest BCUT2D eigenvalue weighted by Crippen LogP contribution is 2.02. The van der Waals surface area contributed by atoms with Gasteiger partial charge in [0.25, 0.3) is 0 Å². The molecule has 74 valence electrons. The summed E-state index contributed by atoms with van der Waals surface area (Å²) in [7, 11) is 0. The first kappa shape index (κ1) is 12.4. The fourth-order valence-corrected chi connectivity index (χ4v) is 1.13. The lowest BCUT2D eigenvalue weighted by Crippen LogP contribution is -2.17. The number of aryl methyl sites for hydroxylation is 1. The number of aliphatic hydroxyl groups is 1. The van der Waals surface area contributed by atoms with Gasteiger partial charge in [0, 0.05) is 13.1 Å². The third kappa shape index (κ3) is 4.88. The fraction of sp³-hybridized carbons (Fsp3) is 0.400. The van der Waals surface area contributed by atoms with Gasteiger partial charge in [-0.15, -0.1) is 12.4 Å². The average Bonchev–Trinajstić information content (AvgIpc) is 2.05. The molecule has 0 bridgehead atoms. The largest absolute Gasteiger partial charge is 0.395 e. The normalized spacial score (nSPS) is 9.38. The Hall–Kier alpha value is -0.570. The Kier molecular flexibility index (Phi) is 6.59. The Labute approximate surface area is 85.4 Å². The van der Waals surface area contributed by atoms with Gasteiger partial charge in [0.2, 0.25) is 0 Å². The van der Waals surface area contributed by atoms with Crippen molar-refractivity contribution in [2.75, 3.05) is 13.2 Å². The number of rotatable bonds is 4. The van der Waals surface area contributed by atoms with Crippen molar-refractivity contribution in [3.8, 4) is 0 Å². The lowest BCUT2D eigenvalue weighted by Gasteiger charge is -2.03. The van der Waals surface area contributed by atoms with Crippen molar-refractivity contribution >= 4 is 12.4 Å². The minimum absolute atomic E-state index is 0. The van der Waals surface area contributed by atoms with Crippen LogP contribution in [-0.4, -0.2) is 18.3 Å². The minimum Gasteiger partial charge on any atom is -0.395 e. The summed E-state index contributed by atoms with van der Waals surface area (Å²) >= 11 is 0. The van der Waals surface area contributed by atoms with Gasteiger partial charge in [-0.1, -0.05) is 29.8 Å². The van der Waals surface area contributed by atoms with Crippen molar-refractivity contribution < 1.29 is 5.11 Å². The molecular weight excluding hydrogens is 186 g/mol. The van der Waals surface area contributed by atoms with E-state index in [1.165, 1.54) is 11.1 Å². The average molecular weight is 202 g/mol. The van der Waals surface area contributed by atoms with Crippen LogP contribution in [0.25, 0.3) is 0 Å². The molecule has 0 amide bonds. The maximum Gasteiger partial charge on any atom is 0.0556 e. The zero-order valence-electron chi connectivity index (χ0n) is 7.79. The molecule has 0 aliphatic heterocycles. The Bertz CT molecular complexity index is 240. The molecule has 0 atom stereocenters. The van der Waals surface area contributed by atoms with Crippen molar-refractivity contribution in [1.82, 2.24) is 5.32 Å². The van der Waals surface area contributed by atoms with E-state index in [-0.39, 0.29) is 19.0 Å². The first-order chi connectivity index (χ1) is 5.83. The second-order valence-electron chi connectivity index (χ2n) is 2.89. The monoisotopic (exact) mass is 201 g/mol. The highest BCUT2D eigenvalue weighted by molar-refractivity contribution is 5.85. The lowest BCUT2D eigenvalue weighted by molar-refractivity contribution is 0.292. The summed E-state index contributed by atoms with van der Waals surface area (Å²) < 4.78 is 0. The van der Waals surface area contributed by atoms with Crippen LogP contribution in [0.15, 0.2) is 24.3 Å². The molecule has 0 spiro atoms. The van der Waals surface area contributed by atoms with Gasteiger partial charge in [-0.2, -0.15) is 0 Å². The predicted octanol–water partition coefficient (Wildman–Crippen LogP) is 1.50. The van der Waals surface area contributed by atoms with Gasteiger partial charge in [-0.3, -0.25) is 0 Å². The van der Waals surface area contributed by atoms with Gasteiger partial charge >= 0.3 is 0 Å². The number of nitrogens with one attached hydrogen (secondary N) is 1. The molecule has 1 aromatic rings. The molecule has 1 rings (SSSR count). The second-order valence-corrected chi connectivity index (χ2v) is 2.89. The first-order valence-electron chi connectivity index (χ1n) is 4.20. The second kappa shape index (κ2) is 6.89. The van der Waals surface area contributed by atoms with E-state index in [0.29, 0.717) is 6.54 Å². The number of hydrogen-bond acceptors (Lipinski definition) is 2. The van der Waals surface area contributed by atoms with Crippen LogP contribution in [0.2, 0.25) is 0 Å². The lowest BCUT2D eigenvalue weighted by atomic mass is 10.1. The number of halogens is 1. The van der Waals surface area contributed by atoms with Crippen LogP contribution in [0.1, 0.15) is 11.1 Å². The number of benzene rings is 1. The predicted molar refractivity (Wildman–Crippen MR) is 57.2 cm³/mol. The smallest absolute Gasteiger partial charge is 0.0556 e. The molecule has 0 radical (unpaired) electrons. The van der Waals surface area contributed by atoms with E-state index in [1.807, 2.05) is 6.07 Å². The third-order valence-electron chi connectivity index (χ3n) is 1.70. The molecule has 1 aromatic carbocycles. The molecule has 0 fully saturated rings. The summed E-state index contributed by atoms with van der Waals surface area (Å²) in [5.41, 5.74) is 2.54. The fourth-order valence-electron chi connectivity index (χ4n) is 1.13. The Balaban J connectivity index is 0.00000144. The topological polar surface area (TPSA) is 32.3 Å². The summed E-state index contributed by atoms with van der Waals surface area (Å²) in [5, 5.41) is 11.7. The van der Waals surface area contributed by atoms with Gasteiger partial charge in [0.05, 0.1) is 6.61 Å². The maximum absolute atomic E-state index is 8.54. The Morgan fingerprint density at radius 1 is 1.38 bits per heavy atom.